The zero-order valence-electron chi connectivity index (χ0n) is 10.3. The lowest BCUT2D eigenvalue weighted by atomic mass is 10.1. The second-order valence-corrected chi connectivity index (χ2v) is 6.75. The van der Waals surface area contributed by atoms with E-state index >= 15 is 0 Å². The van der Waals surface area contributed by atoms with Crippen LogP contribution in [0.15, 0.2) is 12.1 Å². The maximum atomic E-state index is 9.68. The number of phenolic OH excluding ortho intramolecular Hbond substituents is 1. The maximum absolute atomic E-state index is 9.68. The highest BCUT2D eigenvalue weighted by Crippen LogP contribution is 2.28. The Hall–Kier alpha value is 0.480. The molecule has 0 saturated heterocycles. The molecule has 0 aliphatic heterocycles. The Morgan fingerprint density at radius 3 is 2.06 bits per heavy atom. The molecule has 0 fully saturated rings. The molecule has 0 amide bonds. The second-order valence-electron chi connectivity index (χ2n) is 4.43. The monoisotopic (exact) mass is 458 g/mol. The van der Waals surface area contributed by atoms with E-state index in [2.05, 4.69) is 64.2 Å². The Morgan fingerprint density at radius 1 is 0.941 bits per heavy atom. The van der Waals surface area contributed by atoms with Gasteiger partial charge in [0.15, 0.2) is 0 Å². The number of phenols is 1. The van der Waals surface area contributed by atoms with Crippen molar-refractivity contribution in [2.75, 3.05) is 0 Å². The van der Waals surface area contributed by atoms with Crippen LogP contribution >= 0.6 is 45.2 Å². The third-order valence-corrected chi connectivity index (χ3v) is 4.54. The fraction of sp³-hybridized carbons (Fsp3) is 0.571. The molecule has 0 unspecified atom stereocenters. The molecule has 96 valence electrons. The number of aromatic hydroxyl groups is 1. The molecule has 3 heteroatoms. The molecule has 17 heavy (non-hydrogen) atoms. The van der Waals surface area contributed by atoms with Crippen LogP contribution in [-0.4, -0.2) is 5.11 Å². The summed E-state index contributed by atoms with van der Waals surface area (Å²) in [7, 11) is 0. The molecular formula is C14H20I2O. The van der Waals surface area contributed by atoms with Crippen LogP contribution in [0.3, 0.4) is 0 Å². The molecule has 0 aromatic heterocycles. The van der Waals surface area contributed by atoms with Crippen molar-refractivity contribution in [2.45, 2.75) is 51.9 Å². The summed E-state index contributed by atoms with van der Waals surface area (Å²) in [6.07, 6.45) is 9.15. The van der Waals surface area contributed by atoms with Gasteiger partial charge in [-0.2, -0.15) is 0 Å². The van der Waals surface area contributed by atoms with Crippen LogP contribution < -0.4 is 0 Å². The maximum Gasteiger partial charge on any atom is 0.142 e. The van der Waals surface area contributed by atoms with E-state index in [9.17, 15) is 5.11 Å². The summed E-state index contributed by atoms with van der Waals surface area (Å²) >= 11 is 4.40. The first-order valence-corrected chi connectivity index (χ1v) is 8.47. The molecule has 0 radical (unpaired) electrons. The van der Waals surface area contributed by atoms with E-state index in [0.717, 1.165) is 13.6 Å². The van der Waals surface area contributed by atoms with E-state index in [1.807, 2.05) is 0 Å². The molecular weight excluding hydrogens is 438 g/mol. The van der Waals surface area contributed by atoms with Gasteiger partial charge in [0.1, 0.15) is 5.75 Å². The van der Waals surface area contributed by atoms with Crippen molar-refractivity contribution in [1.82, 2.24) is 0 Å². The summed E-state index contributed by atoms with van der Waals surface area (Å²) in [5, 5.41) is 9.68. The molecule has 0 heterocycles. The summed E-state index contributed by atoms with van der Waals surface area (Å²) < 4.78 is 1.94. The zero-order chi connectivity index (χ0) is 12.7. The zero-order valence-corrected chi connectivity index (χ0v) is 14.6. The molecule has 0 saturated carbocycles. The van der Waals surface area contributed by atoms with Crippen LogP contribution in [0.4, 0.5) is 0 Å². The first kappa shape index (κ1) is 15.5. The minimum atomic E-state index is 0.429. The molecule has 0 spiro atoms. The van der Waals surface area contributed by atoms with Crippen LogP contribution in [0.1, 0.15) is 51.0 Å². The van der Waals surface area contributed by atoms with Crippen LogP contribution in [0.25, 0.3) is 0 Å². The summed E-state index contributed by atoms with van der Waals surface area (Å²) in [5.74, 6) is 0.429. The SMILES string of the molecule is CCCCCCCCc1cc(I)c(O)c(I)c1. The van der Waals surface area contributed by atoms with Crippen LogP contribution in [-0.2, 0) is 6.42 Å². The Bertz CT molecular complexity index is 327. The number of benzene rings is 1. The third-order valence-electron chi connectivity index (χ3n) is 2.90. The molecule has 0 aliphatic rings. The Morgan fingerprint density at radius 2 is 1.47 bits per heavy atom. The van der Waals surface area contributed by atoms with Gasteiger partial charge >= 0.3 is 0 Å². The lowest BCUT2D eigenvalue weighted by Gasteiger charge is -2.06. The van der Waals surface area contributed by atoms with Gasteiger partial charge in [-0.05, 0) is 75.7 Å². The standard InChI is InChI=1S/C14H20I2O/c1-2-3-4-5-6-7-8-11-9-12(15)14(17)13(16)10-11/h9-10,17H,2-8H2,1H3. The lowest BCUT2D eigenvalue weighted by Crippen LogP contribution is -1.90. The highest BCUT2D eigenvalue weighted by Gasteiger charge is 2.05. The van der Waals surface area contributed by atoms with Gasteiger partial charge in [0, 0.05) is 0 Å². The van der Waals surface area contributed by atoms with E-state index in [1.54, 1.807) is 0 Å². The van der Waals surface area contributed by atoms with Crippen molar-refractivity contribution in [1.29, 1.82) is 0 Å². The van der Waals surface area contributed by atoms with Gasteiger partial charge in [0.05, 0.1) is 7.14 Å². The summed E-state index contributed by atoms with van der Waals surface area (Å²) in [4.78, 5) is 0. The van der Waals surface area contributed by atoms with E-state index < -0.39 is 0 Å². The number of hydrogen-bond acceptors (Lipinski definition) is 1. The van der Waals surface area contributed by atoms with Crippen molar-refractivity contribution < 1.29 is 5.11 Å². The largest absolute Gasteiger partial charge is 0.506 e. The summed E-state index contributed by atoms with van der Waals surface area (Å²) in [5.41, 5.74) is 1.35. The normalized spacial score (nSPS) is 10.8. The average Bonchev–Trinajstić information content (AvgIpc) is 2.30. The molecule has 0 bridgehead atoms. The van der Waals surface area contributed by atoms with Gasteiger partial charge in [0.2, 0.25) is 0 Å². The van der Waals surface area contributed by atoms with E-state index in [1.165, 1.54) is 44.1 Å². The molecule has 0 aliphatic carbocycles. The van der Waals surface area contributed by atoms with Crippen LogP contribution in [0.5, 0.6) is 5.75 Å². The predicted octanol–water partition coefficient (Wildman–Crippen LogP) is 5.50. The number of hydrogen-bond donors (Lipinski definition) is 1. The van der Waals surface area contributed by atoms with E-state index in [4.69, 9.17) is 0 Å². The first-order chi connectivity index (χ1) is 8.15. The predicted molar refractivity (Wildman–Crippen MR) is 90.6 cm³/mol. The number of rotatable bonds is 7. The van der Waals surface area contributed by atoms with Gasteiger partial charge in [-0.25, -0.2) is 0 Å². The Balaban J connectivity index is 2.32. The second kappa shape index (κ2) is 8.56. The van der Waals surface area contributed by atoms with Gasteiger partial charge in [-0.15, -0.1) is 0 Å². The highest BCUT2D eigenvalue weighted by atomic mass is 127. The number of aryl methyl sites for hydroxylation is 1. The van der Waals surface area contributed by atoms with E-state index in [-0.39, 0.29) is 0 Å². The number of unbranched alkanes of at least 4 members (excludes halogenated alkanes) is 5. The summed E-state index contributed by atoms with van der Waals surface area (Å²) in [6, 6.07) is 4.20. The Labute approximate surface area is 132 Å². The van der Waals surface area contributed by atoms with Gasteiger partial charge < -0.3 is 5.11 Å². The average molecular weight is 458 g/mol. The number of halogens is 2. The molecule has 1 rings (SSSR count). The van der Waals surface area contributed by atoms with Crippen molar-refractivity contribution >= 4 is 45.2 Å². The minimum Gasteiger partial charge on any atom is -0.506 e. The molecule has 0 atom stereocenters. The lowest BCUT2D eigenvalue weighted by molar-refractivity contribution is 0.467. The third kappa shape index (κ3) is 5.77. The first-order valence-electron chi connectivity index (χ1n) is 6.32. The smallest absolute Gasteiger partial charge is 0.142 e. The summed E-state index contributed by atoms with van der Waals surface area (Å²) in [6.45, 7) is 2.25. The topological polar surface area (TPSA) is 20.2 Å². The van der Waals surface area contributed by atoms with Crippen molar-refractivity contribution in [3.63, 3.8) is 0 Å². The Kier molecular flexibility index (Phi) is 7.82. The van der Waals surface area contributed by atoms with Gasteiger partial charge in [-0.1, -0.05) is 39.0 Å². The molecule has 1 N–H and O–H groups in total. The van der Waals surface area contributed by atoms with E-state index in [0.29, 0.717) is 5.75 Å². The van der Waals surface area contributed by atoms with Crippen LogP contribution in [0, 0.1) is 7.14 Å². The van der Waals surface area contributed by atoms with Gasteiger partial charge in [-0.3, -0.25) is 0 Å². The molecule has 1 aromatic rings. The molecule has 1 nitrogen and oxygen atoms in total. The minimum absolute atomic E-state index is 0.429. The van der Waals surface area contributed by atoms with Crippen LogP contribution in [0.2, 0.25) is 0 Å². The molecule has 1 aromatic carbocycles. The fourth-order valence-electron chi connectivity index (χ4n) is 1.87. The fourth-order valence-corrected chi connectivity index (χ4v) is 3.77. The highest BCUT2D eigenvalue weighted by molar-refractivity contribution is 14.1. The van der Waals surface area contributed by atoms with Crippen molar-refractivity contribution in [3.8, 4) is 5.75 Å². The van der Waals surface area contributed by atoms with Crippen molar-refractivity contribution in [2.24, 2.45) is 0 Å². The van der Waals surface area contributed by atoms with Crippen molar-refractivity contribution in [3.05, 3.63) is 24.8 Å². The van der Waals surface area contributed by atoms with Gasteiger partial charge in [0.25, 0.3) is 0 Å². The quantitative estimate of drug-likeness (QED) is 0.423.